The first-order chi connectivity index (χ1) is 13.2. The Balaban J connectivity index is 1.37. The second kappa shape index (κ2) is 6.11. The van der Waals surface area contributed by atoms with Crippen LogP contribution < -0.4 is 9.80 Å². The Bertz CT molecular complexity index is 988. The lowest BCUT2D eigenvalue weighted by Gasteiger charge is -2.23. The number of aryl methyl sites for hydroxylation is 2. The van der Waals surface area contributed by atoms with Gasteiger partial charge in [-0.25, -0.2) is 24.3 Å². The molecule has 3 aromatic heterocycles. The molecule has 140 valence electrons. The molecule has 0 amide bonds. The molecule has 0 spiro atoms. The van der Waals surface area contributed by atoms with Crippen LogP contribution in [0.15, 0.2) is 18.9 Å². The van der Waals surface area contributed by atoms with E-state index in [0.29, 0.717) is 29.8 Å². The van der Waals surface area contributed by atoms with E-state index in [0.717, 1.165) is 43.0 Å². The Labute approximate surface area is 156 Å². The molecule has 2 fully saturated rings. The molecular formula is C18H21FN8. The zero-order valence-electron chi connectivity index (χ0n) is 15.4. The van der Waals surface area contributed by atoms with Crippen LogP contribution in [0.2, 0.25) is 0 Å². The van der Waals surface area contributed by atoms with Gasteiger partial charge in [0.25, 0.3) is 0 Å². The average molecular weight is 368 g/mol. The maximum absolute atomic E-state index is 14.6. The molecule has 0 saturated carbocycles. The molecule has 0 radical (unpaired) electrons. The largest absolute Gasteiger partial charge is 0.355 e. The van der Waals surface area contributed by atoms with E-state index in [4.69, 9.17) is 0 Å². The van der Waals surface area contributed by atoms with Gasteiger partial charge < -0.3 is 9.80 Å². The first-order valence-corrected chi connectivity index (χ1v) is 9.27. The summed E-state index contributed by atoms with van der Waals surface area (Å²) in [6.45, 7) is 5.32. The van der Waals surface area contributed by atoms with E-state index in [1.807, 2.05) is 20.2 Å². The lowest BCUT2D eigenvalue weighted by molar-refractivity contribution is 0.533. The number of aromatic nitrogens is 6. The fraction of sp³-hybridized carbons (Fsp3) is 0.500. The summed E-state index contributed by atoms with van der Waals surface area (Å²) in [6.07, 6.45) is 5.47. The summed E-state index contributed by atoms with van der Waals surface area (Å²) < 4.78 is 16.4. The van der Waals surface area contributed by atoms with Crippen molar-refractivity contribution in [3.05, 3.63) is 30.4 Å². The van der Waals surface area contributed by atoms with Gasteiger partial charge in [-0.3, -0.25) is 4.68 Å². The minimum Gasteiger partial charge on any atom is -0.355 e. The minimum atomic E-state index is -0.273. The highest BCUT2D eigenvalue weighted by Crippen LogP contribution is 2.37. The minimum absolute atomic E-state index is 0.273. The van der Waals surface area contributed by atoms with Crippen LogP contribution in [-0.4, -0.2) is 55.9 Å². The number of anilines is 2. The zero-order chi connectivity index (χ0) is 18.5. The molecule has 3 aromatic rings. The molecule has 0 aromatic carbocycles. The number of hydrogen-bond acceptors (Lipinski definition) is 7. The summed E-state index contributed by atoms with van der Waals surface area (Å²) >= 11 is 0. The van der Waals surface area contributed by atoms with Crippen molar-refractivity contribution in [1.29, 1.82) is 0 Å². The van der Waals surface area contributed by atoms with Gasteiger partial charge in [0.05, 0.1) is 17.3 Å². The van der Waals surface area contributed by atoms with Gasteiger partial charge in [-0.05, 0) is 6.42 Å². The molecule has 5 heterocycles. The molecule has 2 atom stereocenters. The first kappa shape index (κ1) is 16.3. The average Bonchev–Trinajstić information content (AvgIpc) is 3.35. The summed E-state index contributed by atoms with van der Waals surface area (Å²) in [6, 6.07) is 0. The Morgan fingerprint density at radius 1 is 0.963 bits per heavy atom. The lowest BCUT2D eigenvalue weighted by Crippen LogP contribution is -2.30. The Morgan fingerprint density at radius 3 is 2.30 bits per heavy atom. The molecule has 2 aliphatic rings. The number of rotatable bonds is 3. The van der Waals surface area contributed by atoms with Crippen molar-refractivity contribution in [2.24, 2.45) is 18.9 Å². The second-order valence-electron chi connectivity index (χ2n) is 7.34. The number of nitrogens with zero attached hydrogens (tertiary/aromatic N) is 8. The van der Waals surface area contributed by atoms with Crippen LogP contribution in [0.3, 0.4) is 0 Å². The summed E-state index contributed by atoms with van der Waals surface area (Å²) in [5.41, 5.74) is 1.33. The predicted molar refractivity (Wildman–Crippen MR) is 99.1 cm³/mol. The van der Waals surface area contributed by atoms with Crippen molar-refractivity contribution in [2.45, 2.75) is 13.3 Å². The molecule has 27 heavy (non-hydrogen) atoms. The smallest absolute Gasteiger partial charge is 0.187 e. The van der Waals surface area contributed by atoms with Crippen LogP contribution in [0.1, 0.15) is 12.6 Å². The van der Waals surface area contributed by atoms with E-state index in [1.54, 1.807) is 11.0 Å². The van der Waals surface area contributed by atoms with Crippen LogP contribution >= 0.6 is 0 Å². The fourth-order valence-electron chi connectivity index (χ4n) is 4.40. The highest BCUT2D eigenvalue weighted by molar-refractivity contribution is 5.86. The van der Waals surface area contributed by atoms with Crippen molar-refractivity contribution < 1.29 is 4.39 Å². The lowest BCUT2D eigenvalue weighted by atomic mass is 10.0. The van der Waals surface area contributed by atoms with E-state index in [2.05, 4.69) is 34.8 Å². The van der Waals surface area contributed by atoms with Crippen molar-refractivity contribution >= 4 is 22.7 Å². The molecule has 2 aliphatic heterocycles. The van der Waals surface area contributed by atoms with Crippen molar-refractivity contribution in [3.8, 4) is 0 Å². The quantitative estimate of drug-likeness (QED) is 0.692. The van der Waals surface area contributed by atoms with Crippen molar-refractivity contribution in [1.82, 2.24) is 29.7 Å². The SMILES string of the molecule is CCc1ncnc(N2CC3CN(c4ncnc5c4cnn5C)CC3C2)c1F. The maximum Gasteiger partial charge on any atom is 0.187 e. The van der Waals surface area contributed by atoms with Gasteiger partial charge >= 0.3 is 0 Å². The number of halogens is 1. The zero-order valence-corrected chi connectivity index (χ0v) is 15.4. The van der Waals surface area contributed by atoms with Crippen LogP contribution in [0.25, 0.3) is 11.0 Å². The first-order valence-electron chi connectivity index (χ1n) is 9.27. The highest BCUT2D eigenvalue weighted by atomic mass is 19.1. The van der Waals surface area contributed by atoms with E-state index in [-0.39, 0.29) is 5.82 Å². The molecule has 0 N–H and O–H groups in total. The van der Waals surface area contributed by atoms with Crippen molar-refractivity contribution in [3.63, 3.8) is 0 Å². The van der Waals surface area contributed by atoms with E-state index in [9.17, 15) is 4.39 Å². The Hall–Kier alpha value is -2.84. The second-order valence-corrected chi connectivity index (χ2v) is 7.34. The fourth-order valence-corrected chi connectivity index (χ4v) is 4.40. The summed E-state index contributed by atoms with van der Waals surface area (Å²) in [5, 5.41) is 5.28. The van der Waals surface area contributed by atoms with Gasteiger partial charge in [-0.2, -0.15) is 5.10 Å². The Morgan fingerprint density at radius 2 is 1.59 bits per heavy atom. The third kappa shape index (κ3) is 2.52. The van der Waals surface area contributed by atoms with Crippen molar-refractivity contribution in [2.75, 3.05) is 36.0 Å². The molecular weight excluding hydrogens is 347 g/mol. The summed E-state index contributed by atoms with van der Waals surface area (Å²) in [7, 11) is 1.89. The molecule has 9 heteroatoms. The third-order valence-corrected chi connectivity index (χ3v) is 5.77. The number of fused-ring (bicyclic) bond motifs is 2. The van der Waals surface area contributed by atoms with Gasteiger partial charge in [-0.1, -0.05) is 6.92 Å². The van der Waals surface area contributed by atoms with Crippen LogP contribution in [-0.2, 0) is 13.5 Å². The standard InChI is InChI=1S/C18H21FN8/c1-3-14-15(19)18(23-9-20-14)27-7-11-5-26(6-12(11)8-27)17-13-4-24-25(2)16(13)21-10-22-17/h4,9-12H,3,5-8H2,1-2H3. The van der Waals surface area contributed by atoms with Crippen LogP contribution in [0, 0.1) is 17.7 Å². The summed E-state index contributed by atoms with van der Waals surface area (Å²) in [5.74, 6) is 2.04. The molecule has 2 unspecified atom stereocenters. The molecule has 5 rings (SSSR count). The van der Waals surface area contributed by atoms with Gasteiger partial charge in [-0.15, -0.1) is 0 Å². The van der Waals surface area contributed by atoms with Gasteiger partial charge in [0.1, 0.15) is 18.5 Å². The molecule has 8 nitrogen and oxygen atoms in total. The van der Waals surface area contributed by atoms with Gasteiger partial charge in [0.2, 0.25) is 0 Å². The number of hydrogen-bond donors (Lipinski definition) is 0. The topological polar surface area (TPSA) is 75.9 Å². The van der Waals surface area contributed by atoms with Crippen LogP contribution in [0.4, 0.5) is 16.0 Å². The van der Waals surface area contributed by atoms with E-state index < -0.39 is 0 Å². The highest BCUT2D eigenvalue weighted by Gasteiger charge is 2.42. The van der Waals surface area contributed by atoms with Crippen LogP contribution in [0.5, 0.6) is 0 Å². The van der Waals surface area contributed by atoms with Gasteiger partial charge in [0.15, 0.2) is 17.3 Å². The normalized spacial score (nSPS) is 22.0. The predicted octanol–water partition coefficient (Wildman–Crippen LogP) is 1.43. The monoisotopic (exact) mass is 368 g/mol. The van der Waals surface area contributed by atoms with E-state index >= 15 is 0 Å². The molecule has 2 saturated heterocycles. The van der Waals surface area contributed by atoms with Gasteiger partial charge in [0, 0.05) is 45.1 Å². The molecule has 0 aliphatic carbocycles. The molecule has 0 bridgehead atoms. The Kier molecular flexibility index (Phi) is 3.70. The maximum atomic E-state index is 14.6. The van der Waals surface area contributed by atoms with E-state index in [1.165, 1.54) is 6.33 Å². The third-order valence-electron chi connectivity index (χ3n) is 5.77. The summed E-state index contributed by atoms with van der Waals surface area (Å²) in [4.78, 5) is 21.5.